The Labute approximate surface area is 93.8 Å². The van der Waals surface area contributed by atoms with Crippen molar-refractivity contribution in [3.05, 3.63) is 0 Å². The number of carbonyl (C=O) groups is 2. The van der Waals surface area contributed by atoms with Gasteiger partial charge in [-0.3, -0.25) is 4.79 Å². The number of carboxylic acid groups (broad SMARTS) is 1. The van der Waals surface area contributed by atoms with Crippen LogP contribution in [0.2, 0.25) is 0 Å². The summed E-state index contributed by atoms with van der Waals surface area (Å²) in [5.74, 6) is -1.35. The first-order valence-corrected chi connectivity index (χ1v) is 5.34. The molecule has 2 atom stereocenters. The summed E-state index contributed by atoms with van der Waals surface area (Å²) in [6.07, 6.45) is -0.475. The second-order valence-corrected chi connectivity index (χ2v) is 3.74. The van der Waals surface area contributed by atoms with Crippen molar-refractivity contribution >= 4 is 11.9 Å². The van der Waals surface area contributed by atoms with E-state index in [0.717, 1.165) is 0 Å². The number of rotatable bonds is 5. The zero-order valence-corrected chi connectivity index (χ0v) is 9.26. The van der Waals surface area contributed by atoms with Crippen LogP contribution in [0.3, 0.4) is 0 Å². The monoisotopic (exact) mass is 231 g/mol. The van der Waals surface area contributed by atoms with Crippen molar-refractivity contribution in [3.8, 4) is 0 Å². The Balaban J connectivity index is 2.50. The van der Waals surface area contributed by atoms with Crippen LogP contribution in [0.15, 0.2) is 0 Å². The number of aliphatic carboxylic acids is 1. The molecule has 16 heavy (non-hydrogen) atoms. The number of β-amino-alcohol motifs (C(OH)–C–C–N with tert-alkyl or cyclic N) is 1. The number of aliphatic hydroxyl groups excluding tert-OH is 1. The molecular formula is C10H17NO5. The number of carboxylic acids is 1. The van der Waals surface area contributed by atoms with Crippen LogP contribution >= 0.6 is 0 Å². The lowest BCUT2D eigenvalue weighted by Crippen LogP contribution is -2.40. The Morgan fingerprint density at radius 3 is 2.75 bits per heavy atom. The molecule has 2 N–H and O–H groups in total. The highest BCUT2D eigenvalue weighted by Gasteiger charge is 2.38. The summed E-state index contributed by atoms with van der Waals surface area (Å²) in [6, 6.07) is -0.899. The fourth-order valence-corrected chi connectivity index (χ4v) is 1.77. The van der Waals surface area contributed by atoms with Crippen molar-refractivity contribution in [2.45, 2.75) is 31.9 Å². The zero-order valence-electron chi connectivity index (χ0n) is 9.26. The number of ether oxygens (including phenoxy) is 1. The summed E-state index contributed by atoms with van der Waals surface area (Å²) in [6.45, 7) is 2.73. The number of aliphatic hydroxyl groups is 1. The maximum absolute atomic E-state index is 11.7. The molecule has 0 aromatic heterocycles. The summed E-state index contributed by atoms with van der Waals surface area (Å²) in [5, 5.41) is 18.2. The van der Waals surface area contributed by atoms with Crippen molar-refractivity contribution < 1.29 is 24.5 Å². The standard InChI is InChI=1S/C10H17NO5/c1-2-16-4-3-9(13)11-6-7(12)5-8(11)10(14)15/h7-8,12H,2-6H2,1H3,(H,14,15)/t7?,8-/m0/s1. The normalized spacial score (nSPS) is 24.8. The number of carbonyl (C=O) groups excluding carboxylic acids is 1. The number of nitrogens with zero attached hydrogens (tertiary/aromatic N) is 1. The Kier molecular flexibility index (Phi) is 4.70. The highest BCUT2D eigenvalue weighted by atomic mass is 16.5. The zero-order chi connectivity index (χ0) is 12.1. The fraction of sp³-hybridized carbons (Fsp3) is 0.800. The lowest BCUT2D eigenvalue weighted by Gasteiger charge is -2.20. The molecule has 1 saturated heterocycles. The Hall–Kier alpha value is -1.14. The summed E-state index contributed by atoms with van der Waals surface area (Å²) in [7, 11) is 0. The van der Waals surface area contributed by atoms with E-state index in [9.17, 15) is 14.7 Å². The number of hydrogen-bond acceptors (Lipinski definition) is 4. The Morgan fingerprint density at radius 1 is 1.50 bits per heavy atom. The molecular weight excluding hydrogens is 214 g/mol. The smallest absolute Gasteiger partial charge is 0.326 e. The molecule has 1 fully saturated rings. The maximum Gasteiger partial charge on any atom is 0.326 e. The topological polar surface area (TPSA) is 87.1 Å². The number of amides is 1. The Bertz CT molecular complexity index is 268. The summed E-state index contributed by atoms with van der Waals surface area (Å²) >= 11 is 0. The van der Waals surface area contributed by atoms with E-state index in [1.54, 1.807) is 0 Å². The van der Waals surface area contributed by atoms with E-state index in [0.29, 0.717) is 6.61 Å². The molecule has 1 aliphatic rings. The van der Waals surface area contributed by atoms with E-state index < -0.39 is 18.1 Å². The van der Waals surface area contributed by atoms with E-state index >= 15 is 0 Å². The minimum absolute atomic E-state index is 0.0991. The highest BCUT2D eigenvalue weighted by molar-refractivity contribution is 5.84. The van der Waals surface area contributed by atoms with E-state index in [1.165, 1.54) is 4.90 Å². The van der Waals surface area contributed by atoms with E-state index in [-0.39, 0.29) is 31.9 Å². The summed E-state index contributed by atoms with van der Waals surface area (Å²) < 4.78 is 5.03. The van der Waals surface area contributed by atoms with Crippen LogP contribution in [-0.2, 0) is 14.3 Å². The molecule has 0 aliphatic carbocycles. The van der Waals surface area contributed by atoms with Crippen molar-refractivity contribution in [2.24, 2.45) is 0 Å². The molecule has 1 amide bonds. The molecule has 6 heteroatoms. The van der Waals surface area contributed by atoms with Crippen molar-refractivity contribution in [1.29, 1.82) is 0 Å². The second kappa shape index (κ2) is 5.81. The van der Waals surface area contributed by atoms with Crippen LogP contribution in [-0.4, -0.2) is 58.9 Å². The van der Waals surface area contributed by atoms with Crippen molar-refractivity contribution in [2.75, 3.05) is 19.8 Å². The molecule has 0 spiro atoms. The molecule has 1 rings (SSSR count). The van der Waals surface area contributed by atoms with Gasteiger partial charge in [-0.2, -0.15) is 0 Å². The first kappa shape index (κ1) is 12.9. The van der Waals surface area contributed by atoms with Gasteiger partial charge in [0.25, 0.3) is 0 Å². The molecule has 1 aliphatic heterocycles. The summed E-state index contributed by atoms with van der Waals surface area (Å²) in [4.78, 5) is 23.7. The maximum atomic E-state index is 11.7. The van der Waals surface area contributed by atoms with Gasteiger partial charge in [-0.05, 0) is 6.92 Å². The van der Waals surface area contributed by atoms with Crippen LogP contribution < -0.4 is 0 Å². The predicted molar refractivity (Wildman–Crippen MR) is 54.9 cm³/mol. The van der Waals surface area contributed by atoms with Crippen LogP contribution in [0.5, 0.6) is 0 Å². The molecule has 1 unspecified atom stereocenters. The number of likely N-dealkylation sites (tertiary alicyclic amines) is 1. The van der Waals surface area contributed by atoms with Gasteiger partial charge in [0.05, 0.1) is 19.1 Å². The predicted octanol–water partition coefficient (Wildman–Crippen LogP) is -0.541. The molecule has 0 saturated carbocycles. The second-order valence-electron chi connectivity index (χ2n) is 3.74. The third-order valence-corrected chi connectivity index (χ3v) is 2.55. The van der Waals surface area contributed by atoms with Crippen LogP contribution in [0.25, 0.3) is 0 Å². The minimum Gasteiger partial charge on any atom is -0.480 e. The van der Waals surface area contributed by atoms with Gasteiger partial charge in [0, 0.05) is 19.6 Å². The van der Waals surface area contributed by atoms with Gasteiger partial charge in [-0.25, -0.2) is 4.79 Å². The third kappa shape index (κ3) is 3.18. The summed E-state index contributed by atoms with van der Waals surface area (Å²) in [5.41, 5.74) is 0. The average molecular weight is 231 g/mol. The lowest BCUT2D eigenvalue weighted by molar-refractivity contribution is -0.148. The first-order chi connectivity index (χ1) is 7.56. The number of hydrogen-bond donors (Lipinski definition) is 2. The molecule has 6 nitrogen and oxygen atoms in total. The fourth-order valence-electron chi connectivity index (χ4n) is 1.77. The molecule has 1 heterocycles. The van der Waals surface area contributed by atoms with Crippen LogP contribution in [0.1, 0.15) is 19.8 Å². The van der Waals surface area contributed by atoms with Crippen molar-refractivity contribution in [3.63, 3.8) is 0 Å². The van der Waals surface area contributed by atoms with Gasteiger partial charge in [-0.15, -0.1) is 0 Å². The van der Waals surface area contributed by atoms with Gasteiger partial charge in [0.1, 0.15) is 6.04 Å². The largest absolute Gasteiger partial charge is 0.480 e. The third-order valence-electron chi connectivity index (χ3n) is 2.55. The highest BCUT2D eigenvalue weighted by Crippen LogP contribution is 2.19. The van der Waals surface area contributed by atoms with E-state index in [4.69, 9.17) is 9.84 Å². The average Bonchev–Trinajstić information content (AvgIpc) is 2.61. The van der Waals surface area contributed by atoms with Crippen LogP contribution in [0.4, 0.5) is 0 Å². The Morgan fingerprint density at radius 2 is 2.19 bits per heavy atom. The van der Waals surface area contributed by atoms with Gasteiger partial charge < -0.3 is 19.8 Å². The van der Waals surface area contributed by atoms with E-state index in [2.05, 4.69) is 0 Å². The molecule has 92 valence electrons. The van der Waals surface area contributed by atoms with Gasteiger partial charge in [0.15, 0.2) is 0 Å². The molecule has 0 radical (unpaired) electrons. The van der Waals surface area contributed by atoms with Gasteiger partial charge in [0.2, 0.25) is 5.91 Å². The molecule has 0 aromatic rings. The van der Waals surface area contributed by atoms with Gasteiger partial charge in [-0.1, -0.05) is 0 Å². The first-order valence-electron chi connectivity index (χ1n) is 5.34. The van der Waals surface area contributed by atoms with Crippen LogP contribution in [0, 0.1) is 0 Å². The quantitative estimate of drug-likeness (QED) is 0.620. The minimum atomic E-state index is -1.07. The van der Waals surface area contributed by atoms with E-state index in [1.807, 2.05) is 6.92 Å². The SMILES string of the molecule is CCOCCC(=O)N1CC(O)C[C@H]1C(=O)O. The van der Waals surface area contributed by atoms with Crippen molar-refractivity contribution in [1.82, 2.24) is 4.90 Å². The lowest BCUT2D eigenvalue weighted by atomic mass is 10.2. The molecule has 0 bridgehead atoms. The van der Waals surface area contributed by atoms with Gasteiger partial charge >= 0.3 is 5.97 Å². The molecule has 0 aromatic carbocycles.